The van der Waals surface area contributed by atoms with Crippen LogP contribution in [0.2, 0.25) is 0 Å². The number of hydrogen-bond donors (Lipinski definition) is 2. The van der Waals surface area contributed by atoms with Gasteiger partial charge in [-0.15, -0.1) is 0 Å². The topological polar surface area (TPSA) is 112 Å². The number of nitrogens with two attached hydrogens (primary N) is 1. The van der Waals surface area contributed by atoms with E-state index in [1.807, 2.05) is 0 Å². The summed E-state index contributed by atoms with van der Waals surface area (Å²) < 4.78 is 38.0. The van der Waals surface area contributed by atoms with E-state index in [0.717, 1.165) is 0 Å². The molecule has 8 heteroatoms. The average molecular weight is 352 g/mol. The van der Waals surface area contributed by atoms with E-state index in [9.17, 15) is 13.2 Å². The van der Waals surface area contributed by atoms with Crippen LogP contribution >= 0.6 is 0 Å². The number of carbonyl (C=O) groups excluding carboxylic acids is 1. The molecule has 1 aliphatic carbocycles. The van der Waals surface area contributed by atoms with Gasteiger partial charge in [-0.05, 0) is 44.9 Å². The minimum absolute atomic E-state index is 0.0587. The van der Waals surface area contributed by atoms with Crippen LogP contribution in [-0.4, -0.2) is 33.1 Å². The number of benzene rings is 1. The molecule has 0 aliphatic heterocycles. The first-order valence-corrected chi connectivity index (χ1v) is 9.28. The number of esters is 1. The van der Waals surface area contributed by atoms with Crippen molar-refractivity contribution < 1.29 is 22.4 Å². The van der Waals surface area contributed by atoms with Gasteiger partial charge >= 0.3 is 5.97 Å². The zero-order chi connectivity index (χ0) is 17.5. The maximum absolute atomic E-state index is 12.5. The molecule has 24 heavy (non-hydrogen) atoms. The van der Waals surface area contributed by atoms with Crippen molar-refractivity contribution in [2.45, 2.75) is 43.7 Å². The summed E-state index contributed by atoms with van der Waals surface area (Å²) >= 11 is 0. The van der Waals surface area contributed by atoms with Crippen LogP contribution in [0, 0.1) is 6.92 Å². The molecule has 0 unspecified atom stereocenters. The van der Waals surface area contributed by atoms with Gasteiger partial charge in [0.15, 0.2) is 0 Å². The van der Waals surface area contributed by atoms with E-state index in [4.69, 9.17) is 14.9 Å². The number of fused-ring (bicyclic) bond motifs is 1. The predicted octanol–water partition coefficient (Wildman–Crippen LogP) is 1.69. The molecule has 1 saturated carbocycles. The molecule has 3 rings (SSSR count). The number of ether oxygens (including phenoxy) is 1. The summed E-state index contributed by atoms with van der Waals surface area (Å²) in [6, 6.07) is 4.45. The molecule has 0 radical (unpaired) electrons. The highest BCUT2D eigenvalue weighted by molar-refractivity contribution is 7.89. The third kappa shape index (κ3) is 3.04. The fourth-order valence-electron chi connectivity index (χ4n) is 2.80. The average Bonchev–Trinajstić information content (AvgIpc) is 2.82. The van der Waals surface area contributed by atoms with Crippen LogP contribution in [0.5, 0.6) is 0 Å². The van der Waals surface area contributed by atoms with Gasteiger partial charge in [-0.1, -0.05) is 0 Å². The normalized spacial score (nSPS) is 20.8. The lowest BCUT2D eigenvalue weighted by Gasteiger charge is -2.32. The zero-order valence-corrected chi connectivity index (χ0v) is 14.4. The summed E-state index contributed by atoms with van der Waals surface area (Å²) in [6.45, 7) is 3.65. The Kier molecular flexibility index (Phi) is 4.37. The van der Waals surface area contributed by atoms with Crippen LogP contribution in [0.1, 0.15) is 35.9 Å². The fraction of sp³-hybridized carbons (Fsp3) is 0.438. The highest BCUT2D eigenvalue weighted by atomic mass is 32.2. The van der Waals surface area contributed by atoms with Crippen molar-refractivity contribution in [1.29, 1.82) is 0 Å². The highest BCUT2D eigenvalue weighted by Crippen LogP contribution is 2.29. The second-order valence-electron chi connectivity index (χ2n) is 5.98. The van der Waals surface area contributed by atoms with Gasteiger partial charge in [0.2, 0.25) is 15.8 Å². The SMILES string of the molecule is CCOC(=O)c1oc2ccc(S(=O)(=O)NC3CC(N)C3)cc2c1C. The first kappa shape index (κ1) is 16.9. The summed E-state index contributed by atoms with van der Waals surface area (Å²) in [7, 11) is -3.64. The minimum Gasteiger partial charge on any atom is -0.460 e. The third-order valence-corrected chi connectivity index (χ3v) is 5.69. The van der Waals surface area contributed by atoms with Gasteiger partial charge in [-0.2, -0.15) is 0 Å². The summed E-state index contributed by atoms with van der Waals surface area (Å²) in [4.78, 5) is 12.0. The molecular weight excluding hydrogens is 332 g/mol. The van der Waals surface area contributed by atoms with E-state index in [1.165, 1.54) is 12.1 Å². The van der Waals surface area contributed by atoms with E-state index in [-0.39, 0.29) is 29.3 Å². The van der Waals surface area contributed by atoms with Crippen LogP contribution in [0.15, 0.2) is 27.5 Å². The van der Waals surface area contributed by atoms with Crippen molar-refractivity contribution in [3.8, 4) is 0 Å². The summed E-state index contributed by atoms with van der Waals surface area (Å²) in [5, 5.41) is 0.575. The largest absolute Gasteiger partial charge is 0.460 e. The van der Waals surface area contributed by atoms with Crippen molar-refractivity contribution in [2.24, 2.45) is 5.73 Å². The first-order valence-electron chi connectivity index (χ1n) is 7.80. The molecule has 0 bridgehead atoms. The Morgan fingerprint density at radius 3 is 2.75 bits per heavy atom. The molecule has 2 aromatic rings. The lowest BCUT2D eigenvalue weighted by Crippen LogP contribution is -2.50. The molecule has 1 heterocycles. The van der Waals surface area contributed by atoms with Crippen LogP contribution in [0.25, 0.3) is 11.0 Å². The Morgan fingerprint density at radius 2 is 2.12 bits per heavy atom. The molecule has 1 fully saturated rings. The molecule has 1 aromatic carbocycles. The van der Waals surface area contributed by atoms with Crippen molar-refractivity contribution >= 4 is 27.0 Å². The number of rotatable bonds is 5. The van der Waals surface area contributed by atoms with Crippen LogP contribution in [0.3, 0.4) is 0 Å². The van der Waals surface area contributed by atoms with Crippen molar-refractivity contribution in [1.82, 2.24) is 4.72 Å². The zero-order valence-electron chi connectivity index (χ0n) is 13.5. The van der Waals surface area contributed by atoms with E-state index < -0.39 is 16.0 Å². The summed E-state index contributed by atoms with van der Waals surface area (Å²) in [6.07, 6.45) is 1.28. The van der Waals surface area contributed by atoms with Gasteiger partial charge in [-0.25, -0.2) is 17.9 Å². The van der Waals surface area contributed by atoms with Gasteiger partial charge in [0.25, 0.3) is 0 Å². The highest BCUT2D eigenvalue weighted by Gasteiger charge is 2.30. The van der Waals surface area contributed by atoms with Gasteiger partial charge in [0.05, 0.1) is 11.5 Å². The first-order chi connectivity index (χ1) is 11.3. The van der Waals surface area contributed by atoms with E-state index in [2.05, 4.69) is 4.72 Å². The van der Waals surface area contributed by atoms with Gasteiger partial charge in [0.1, 0.15) is 5.58 Å². The second kappa shape index (κ2) is 6.19. The Balaban J connectivity index is 1.93. The summed E-state index contributed by atoms with van der Waals surface area (Å²) in [5.74, 6) is -0.462. The van der Waals surface area contributed by atoms with Crippen molar-refractivity contribution in [3.63, 3.8) is 0 Å². The maximum atomic E-state index is 12.5. The number of aryl methyl sites for hydroxylation is 1. The Morgan fingerprint density at radius 1 is 1.42 bits per heavy atom. The monoisotopic (exact) mass is 352 g/mol. The van der Waals surface area contributed by atoms with Crippen molar-refractivity contribution in [2.75, 3.05) is 6.61 Å². The quantitative estimate of drug-likeness (QED) is 0.792. The lowest BCUT2D eigenvalue weighted by molar-refractivity contribution is 0.0491. The number of carbonyl (C=O) groups is 1. The van der Waals surface area contributed by atoms with Gasteiger partial charge in [-0.3, -0.25) is 0 Å². The standard InChI is InChI=1S/C16H20N2O5S/c1-3-22-16(19)15-9(2)13-8-12(4-5-14(13)23-15)24(20,21)18-11-6-10(17)7-11/h4-5,8,10-11,18H,3,6-7,17H2,1-2H3. The van der Waals surface area contributed by atoms with E-state index in [0.29, 0.717) is 29.4 Å². The van der Waals surface area contributed by atoms with Crippen LogP contribution in [-0.2, 0) is 14.8 Å². The lowest BCUT2D eigenvalue weighted by atomic mass is 9.89. The molecule has 1 aliphatic rings. The van der Waals surface area contributed by atoms with Crippen LogP contribution in [0.4, 0.5) is 0 Å². The molecule has 3 N–H and O–H groups in total. The number of nitrogens with one attached hydrogen (secondary N) is 1. The van der Waals surface area contributed by atoms with E-state index in [1.54, 1.807) is 19.9 Å². The molecule has 1 aromatic heterocycles. The molecule has 0 saturated heterocycles. The molecular formula is C16H20N2O5S. The molecule has 7 nitrogen and oxygen atoms in total. The predicted molar refractivity (Wildman–Crippen MR) is 88.2 cm³/mol. The Bertz CT molecular complexity index is 881. The number of sulfonamides is 1. The fourth-order valence-corrected chi connectivity index (χ4v) is 4.09. The molecule has 0 amide bonds. The molecule has 0 spiro atoms. The van der Waals surface area contributed by atoms with Gasteiger partial charge in [0, 0.05) is 23.0 Å². The molecule has 130 valence electrons. The van der Waals surface area contributed by atoms with Crippen molar-refractivity contribution in [3.05, 3.63) is 29.5 Å². The van der Waals surface area contributed by atoms with E-state index >= 15 is 0 Å². The van der Waals surface area contributed by atoms with Gasteiger partial charge < -0.3 is 14.9 Å². The Hall–Kier alpha value is -1.90. The number of hydrogen-bond acceptors (Lipinski definition) is 6. The second-order valence-corrected chi connectivity index (χ2v) is 7.70. The Labute approximate surface area is 140 Å². The maximum Gasteiger partial charge on any atom is 0.374 e. The third-order valence-electron chi connectivity index (χ3n) is 4.18. The smallest absolute Gasteiger partial charge is 0.374 e. The van der Waals surface area contributed by atoms with Crippen LogP contribution < -0.4 is 10.5 Å². The minimum atomic E-state index is -3.64. The summed E-state index contributed by atoms with van der Waals surface area (Å²) in [5.41, 5.74) is 6.69. The number of furan rings is 1. The molecule has 0 atom stereocenters.